The monoisotopic (exact) mass is 425 g/mol. The fourth-order valence-electron chi connectivity index (χ4n) is 6.62. The maximum absolute atomic E-state index is 12.8. The fourth-order valence-corrected chi connectivity index (χ4v) is 6.62. The Morgan fingerprint density at radius 3 is 2.10 bits per heavy atom. The highest BCUT2D eigenvalue weighted by atomic mass is 16.2. The highest BCUT2D eigenvalue weighted by Crippen LogP contribution is 2.61. The molecule has 4 fully saturated rings. The summed E-state index contributed by atoms with van der Waals surface area (Å²) in [7, 11) is 0. The van der Waals surface area contributed by atoms with E-state index in [0.717, 1.165) is 43.4 Å². The zero-order valence-corrected chi connectivity index (χ0v) is 18.7. The van der Waals surface area contributed by atoms with Gasteiger partial charge in [0.05, 0.1) is 0 Å². The maximum Gasteiger partial charge on any atom is 0.261 e. The molecule has 6 nitrogen and oxygen atoms in total. The number of hydrazine groups is 1. The van der Waals surface area contributed by atoms with Gasteiger partial charge in [0.15, 0.2) is 0 Å². The number of carbonyl (C=O) groups is 3. The van der Waals surface area contributed by atoms with E-state index in [1.165, 1.54) is 19.3 Å². The van der Waals surface area contributed by atoms with Gasteiger partial charge in [0.25, 0.3) is 11.8 Å². The minimum atomic E-state index is -0.711. The molecule has 3 N–H and O–H groups in total. The van der Waals surface area contributed by atoms with Crippen LogP contribution in [0.4, 0.5) is 0 Å². The van der Waals surface area contributed by atoms with Crippen LogP contribution >= 0.6 is 0 Å². The minimum Gasteiger partial charge on any atom is -0.340 e. The van der Waals surface area contributed by atoms with E-state index in [2.05, 4.69) is 16.2 Å². The summed E-state index contributed by atoms with van der Waals surface area (Å²) < 4.78 is 0. The molecule has 168 valence electrons. The molecule has 4 aliphatic rings. The third kappa shape index (κ3) is 4.94. The van der Waals surface area contributed by atoms with Crippen molar-refractivity contribution in [3.63, 3.8) is 0 Å². The largest absolute Gasteiger partial charge is 0.340 e. The summed E-state index contributed by atoms with van der Waals surface area (Å²) >= 11 is 0. The second kappa shape index (κ2) is 9.01. The zero-order chi connectivity index (χ0) is 22.0. The van der Waals surface area contributed by atoms with E-state index in [-0.39, 0.29) is 29.1 Å². The van der Waals surface area contributed by atoms with Gasteiger partial charge in [-0.05, 0) is 79.7 Å². The third-order valence-electron chi connectivity index (χ3n) is 7.84. The summed E-state index contributed by atoms with van der Waals surface area (Å²) in [5, 5.41) is 2.83. The lowest BCUT2D eigenvalue weighted by atomic mass is 9.49. The fraction of sp³-hybridized carbons (Fsp3) is 0.640. The molecular formula is C25H35N3O3. The summed E-state index contributed by atoms with van der Waals surface area (Å²) in [5.74, 6) is 1.52. The predicted molar refractivity (Wildman–Crippen MR) is 119 cm³/mol. The van der Waals surface area contributed by atoms with E-state index in [0.29, 0.717) is 12.0 Å². The number of hydrogen-bond acceptors (Lipinski definition) is 3. The van der Waals surface area contributed by atoms with Crippen LogP contribution in [0.5, 0.6) is 0 Å². The van der Waals surface area contributed by atoms with Crippen LogP contribution in [0.25, 0.3) is 0 Å². The first kappa shape index (κ1) is 21.8. The highest BCUT2D eigenvalue weighted by Gasteiger charge is 2.51. The average molecular weight is 426 g/mol. The lowest BCUT2D eigenvalue weighted by molar-refractivity contribution is -0.135. The molecule has 6 heteroatoms. The van der Waals surface area contributed by atoms with Crippen LogP contribution in [-0.2, 0) is 9.59 Å². The Bertz CT molecular complexity index is 787. The second-order valence-corrected chi connectivity index (χ2v) is 10.3. The summed E-state index contributed by atoms with van der Waals surface area (Å²) in [6.45, 7) is 3.90. The SMILES string of the molecule is CC[C@H](C)[C@H](NC(=O)c1ccccc1)C(=O)NNC(=O)CC12CC3CC(CC(C3)C1)C2. The van der Waals surface area contributed by atoms with Gasteiger partial charge in [-0.25, -0.2) is 0 Å². The van der Waals surface area contributed by atoms with Crippen LogP contribution in [0.15, 0.2) is 30.3 Å². The normalized spacial score (nSPS) is 30.3. The molecule has 0 aromatic heterocycles. The zero-order valence-electron chi connectivity index (χ0n) is 18.7. The maximum atomic E-state index is 12.8. The van der Waals surface area contributed by atoms with Crippen LogP contribution in [0.2, 0.25) is 0 Å². The Balaban J connectivity index is 1.32. The molecule has 5 rings (SSSR count). The molecule has 4 aliphatic carbocycles. The molecule has 31 heavy (non-hydrogen) atoms. The van der Waals surface area contributed by atoms with Gasteiger partial charge < -0.3 is 5.32 Å². The van der Waals surface area contributed by atoms with E-state index in [1.54, 1.807) is 24.3 Å². The van der Waals surface area contributed by atoms with E-state index in [1.807, 2.05) is 19.9 Å². The molecule has 0 spiro atoms. The number of benzene rings is 1. The van der Waals surface area contributed by atoms with Crippen LogP contribution in [0, 0.1) is 29.1 Å². The van der Waals surface area contributed by atoms with Crippen molar-refractivity contribution in [1.82, 2.24) is 16.2 Å². The number of nitrogens with one attached hydrogen (secondary N) is 3. The first-order chi connectivity index (χ1) is 14.9. The van der Waals surface area contributed by atoms with E-state index >= 15 is 0 Å². The molecule has 4 saturated carbocycles. The summed E-state index contributed by atoms with van der Waals surface area (Å²) in [5.41, 5.74) is 5.86. The molecule has 0 radical (unpaired) electrons. The van der Waals surface area contributed by atoms with Crippen molar-refractivity contribution in [3.05, 3.63) is 35.9 Å². The number of hydrogen-bond donors (Lipinski definition) is 3. The Labute approximate surface area is 184 Å². The van der Waals surface area contributed by atoms with Crippen LogP contribution < -0.4 is 16.2 Å². The molecule has 0 saturated heterocycles. The topological polar surface area (TPSA) is 87.3 Å². The van der Waals surface area contributed by atoms with Gasteiger partial charge in [-0.3, -0.25) is 25.2 Å². The molecule has 2 atom stereocenters. The lowest BCUT2D eigenvalue weighted by Crippen LogP contribution is -2.55. The van der Waals surface area contributed by atoms with Crippen LogP contribution in [-0.4, -0.2) is 23.8 Å². The Hall–Kier alpha value is -2.37. The van der Waals surface area contributed by atoms with Gasteiger partial charge in [-0.15, -0.1) is 0 Å². The van der Waals surface area contributed by atoms with Crippen molar-refractivity contribution in [2.45, 2.75) is 71.3 Å². The van der Waals surface area contributed by atoms with E-state index < -0.39 is 6.04 Å². The molecular weight excluding hydrogens is 390 g/mol. The molecule has 1 aromatic carbocycles. The van der Waals surface area contributed by atoms with Gasteiger partial charge in [0, 0.05) is 12.0 Å². The van der Waals surface area contributed by atoms with Crippen molar-refractivity contribution in [1.29, 1.82) is 0 Å². The molecule has 1 aromatic rings. The lowest BCUT2D eigenvalue weighted by Gasteiger charge is -2.56. The molecule has 3 amide bonds. The summed E-state index contributed by atoms with van der Waals surface area (Å²) in [4.78, 5) is 38.1. The molecule has 0 aliphatic heterocycles. The Kier molecular flexibility index (Phi) is 6.35. The van der Waals surface area contributed by atoms with Crippen LogP contribution in [0.3, 0.4) is 0 Å². The summed E-state index contributed by atoms with van der Waals surface area (Å²) in [6, 6.07) is 8.14. The van der Waals surface area contributed by atoms with Gasteiger partial charge in [0.2, 0.25) is 5.91 Å². The smallest absolute Gasteiger partial charge is 0.261 e. The van der Waals surface area contributed by atoms with Gasteiger partial charge in [-0.1, -0.05) is 38.5 Å². The van der Waals surface area contributed by atoms with Gasteiger partial charge in [-0.2, -0.15) is 0 Å². The highest BCUT2D eigenvalue weighted by molar-refractivity contribution is 5.97. The first-order valence-corrected chi connectivity index (χ1v) is 11.8. The van der Waals surface area contributed by atoms with Crippen molar-refractivity contribution in [2.24, 2.45) is 29.1 Å². The quantitative estimate of drug-likeness (QED) is 0.584. The van der Waals surface area contributed by atoms with Crippen molar-refractivity contribution < 1.29 is 14.4 Å². The molecule has 0 heterocycles. The number of carbonyl (C=O) groups excluding carboxylic acids is 3. The minimum absolute atomic E-state index is 0.0623. The van der Waals surface area contributed by atoms with Crippen LogP contribution in [0.1, 0.15) is 75.6 Å². The Morgan fingerprint density at radius 2 is 1.55 bits per heavy atom. The Morgan fingerprint density at radius 1 is 0.968 bits per heavy atom. The molecule has 0 unspecified atom stereocenters. The van der Waals surface area contributed by atoms with E-state index in [9.17, 15) is 14.4 Å². The first-order valence-electron chi connectivity index (χ1n) is 11.8. The van der Waals surface area contributed by atoms with Crippen molar-refractivity contribution in [3.8, 4) is 0 Å². The molecule has 4 bridgehead atoms. The predicted octanol–water partition coefficient (Wildman–Crippen LogP) is 3.59. The van der Waals surface area contributed by atoms with Crippen molar-refractivity contribution in [2.75, 3.05) is 0 Å². The van der Waals surface area contributed by atoms with Gasteiger partial charge >= 0.3 is 0 Å². The second-order valence-electron chi connectivity index (χ2n) is 10.3. The summed E-state index contributed by atoms with van der Waals surface area (Å²) in [6.07, 6.45) is 8.71. The third-order valence-corrected chi connectivity index (χ3v) is 7.84. The van der Waals surface area contributed by atoms with E-state index in [4.69, 9.17) is 0 Å². The van der Waals surface area contributed by atoms with Gasteiger partial charge in [0.1, 0.15) is 6.04 Å². The average Bonchev–Trinajstić information content (AvgIpc) is 2.74. The van der Waals surface area contributed by atoms with Crippen molar-refractivity contribution >= 4 is 17.7 Å². The number of rotatable bonds is 7. The standard InChI is InChI=1S/C25H35N3O3/c1-3-16(2)22(26-23(30)20-7-5-4-6-8-20)24(31)28-27-21(29)15-25-12-17-9-18(13-25)11-19(10-17)14-25/h4-8,16-19,22H,3,9-15H2,1-2H3,(H,26,30)(H,27,29)(H,28,31)/t16-,17?,18?,19?,22-,25?/m0/s1. The number of amides is 3.